The smallest absolute Gasteiger partial charge is 0.337 e. The number of nitrogens with one attached hydrogen (secondary N) is 1. The van der Waals surface area contributed by atoms with E-state index in [1.54, 1.807) is 6.20 Å². The molecule has 0 bridgehead atoms. The van der Waals surface area contributed by atoms with E-state index in [1.165, 1.54) is 40.3 Å². The molecule has 0 saturated heterocycles. The summed E-state index contributed by atoms with van der Waals surface area (Å²) in [5.74, 6) is -0.0458. The lowest BCUT2D eigenvalue weighted by Gasteiger charge is -2.22. The van der Waals surface area contributed by atoms with Gasteiger partial charge in [0.25, 0.3) is 0 Å². The van der Waals surface area contributed by atoms with Gasteiger partial charge in [-0.2, -0.15) is 0 Å². The van der Waals surface area contributed by atoms with E-state index in [4.69, 9.17) is 0 Å². The van der Waals surface area contributed by atoms with Crippen LogP contribution in [0.15, 0.2) is 60.9 Å². The predicted octanol–water partition coefficient (Wildman–Crippen LogP) is 5.81. The number of rotatable bonds is 7. The monoisotopic (exact) mass is 415 g/mol. The molecule has 0 aliphatic heterocycles. The third-order valence-corrected chi connectivity index (χ3v) is 6.25. The largest absolute Gasteiger partial charge is 0.478 e. The van der Waals surface area contributed by atoms with E-state index in [0.717, 1.165) is 12.8 Å². The lowest BCUT2D eigenvalue weighted by molar-refractivity contribution is 0.0698. The number of anilines is 3. The molecule has 1 aromatic heterocycles. The van der Waals surface area contributed by atoms with Crippen LogP contribution >= 0.6 is 0 Å². The number of fused-ring (bicyclic) bond motifs is 1. The van der Waals surface area contributed by atoms with Crippen molar-refractivity contribution in [2.24, 2.45) is 0 Å². The van der Waals surface area contributed by atoms with Crippen molar-refractivity contribution >= 4 is 23.0 Å². The normalized spacial score (nSPS) is 15.0. The zero-order chi connectivity index (χ0) is 22.0. The van der Waals surface area contributed by atoms with Crippen molar-refractivity contribution in [1.29, 1.82) is 0 Å². The molecule has 0 spiro atoms. The van der Waals surface area contributed by atoms with Crippen LogP contribution in [0.2, 0.25) is 0 Å². The van der Waals surface area contributed by atoms with Crippen molar-refractivity contribution in [2.75, 3.05) is 23.8 Å². The Hall–Kier alpha value is -3.34. The van der Waals surface area contributed by atoms with E-state index in [9.17, 15) is 9.90 Å². The number of aryl methyl sites for hydroxylation is 1. The fourth-order valence-corrected chi connectivity index (χ4v) is 4.30. The van der Waals surface area contributed by atoms with Crippen molar-refractivity contribution in [3.63, 3.8) is 0 Å². The second-order valence-corrected chi connectivity index (χ2v) is 8.53. The van der Waals surface area contributed by atoms with Gasteiger partial charge in [0, 0.05) is 37.1 Å². The maximum absolute atomic E-state index is 11.4. The molecule has 5 nitrogen and oxygen atoms in total. The van der Waals surface area contributed by atoms with Crippen LogP contribution in [-0.2, 0) is 6.42 Å². The fourth-order valence-electron chi connectivity index (χ4n) is 4.30. The van der Waals surface area contributed by atoms with E-state index >= 15 is 0 Å². The SMILES string of the molecule is CC(C)c1ccc(N(C)c2ccc3c(c2)CC[C@H]3CNc2cnccc2C(=O)O)cc1. The number of aromatic nitrogens is 1. The molecule has 1 heterocycles. The van der Waals surface area contributed by atoms with Crippen molar-refractivity contribution < 1.29 is 9.90 Å². The summed E-state index contributed by atoms with van der Waals surface area (Å²) < 4.78 is 0. The number of carbonyl (C=O) groups is 1. The van der Waals surface area contributed by atoms with E-state index in [2.05, 4.69) is 78.6 Å². The highest BCUT2D eigenvalue weighted by atomic mass is 16.4. The zero-order valence-corrected chi connectivity index (χ0v) is 18.3. The van der Waals surface area contributed by atoms with E-state index in [0.29, 0.717) is 24.1 Å². The van der Waals surface area contributed by atoms with Gasteiger partial charge in [0.05, 0.1) is 17.4 Å². The van der Waals surface area contributed by atoms with Crippen LogP contribution in [0.4, 0.5) is 17.1 Å². The minimum absolute atomic E-state index is 0.258. The molecule has 3 aromatic rings. The summed E-state index contributed by atoms with van der Waals surface area (Å²) in [5, 5.41) is 12.7. The molecule has 1 aliphatic rings. The summed E-state index contributed by atoms with van der Waals surface area (Å²) >= 11 is 0. The number of carboxylic acid groups (broad SMARTS) is 1. The molecule has 2 N–H and O–H groups in total. The highest BCUT2D eigenvalue weighted by Gasteiger charge is 2.23. The molecular weight excluding hydrogens is 386 g/mol. The summed E-state index contributed by atoms with van der Waals surface area (Å²) in [6.07, 6.45) is 5.19. The van der Waals surface area contributed by atoms with Gasteiger partial charge in [-0.1, -0.05) is 32.0 Å². The van der Waals surface area contributed by atoms with Gasteiger partial charge in [-0.05, 0) is 65.8 Å². The van der Waals surface area contributed by atoms with Gasteiger partial charge in [0.2, 0.25) is 0 Å². The molecule has 5 heteroatoms. The molecule has 0 unspecified atom stereocenters. The van der Waals surface area contributed by atoms with Crippen molar-refractivity contribution in [3.05, 3.63) is 83.2 Å². The van der Waals surface area contributed by atoms with Gasteiger partial charge in [-0.3, -0.25) is 4.98 Å². The van der Waals surface area contributed by atoms with Gasteiger partial charge >= 0.3 is 5.97 Å². The molecule has 1 atom stereocenters. The first-order valence-corrected chi connectivity index (χ1v) is 10.8. The van der Waals surface area contributed by atoms with Crippen molar-refractivity contribution in [2.45, 2.75) is 38.5 Å². The average Bonchev–Trinajstić information content (AvgIpc) is 3.19. The van der Waals surface area contributed by atoms with E-state index in [1.807, 2.05) is 0 Å². The number of benzene rings is 2. The lowest BCUT2D eigenvalue weighted by Crippen LogP contribution is -2.13. The Morgan fingerprint density at radius 3 is 2.61 bits per heavy atom. The maximum Gasteiger partial charge on any atom is 0.337 e. The van der Waals surface area contributed by atoms with Crippen LogP contribution in [0.25, 0.3) is 0 Å². The number of pyridine rings is 1. The summed E-state index contributed by atoms with van der Waals surface area (Å²) in [7, 11) is 2.11. The average molecular weight is 416 g/mol. The third-order valence-electron chi connectivity index (χ3n) is 6.25. The number of nitrogens with zero attached hydrogens (tertiary/aromatic N) is 2. The Bertz CT molecular complexity index is 1080. The molecule has 2 aromatic carbocycles. The number of hydrogen-bond donors (Lipinski definition) is 2. The molecule has 0 radical (unpaired) electrons. The van der Waals surface area contributed by atoms with Crippen LogP contribution in [-0.4, -0.2) is 29.7 Å². The summed E-state index contributed by atoms with van der Waals surface area (Å²) in [6.45, 7) is 5.12. The third kappa shape index (κ3) is 4.41. The second-order valence-electron chi connectivity index (χ2n) is 8.53. The van der Waals surface area contributed by atoms with Gasteiger partial charge in [-0.25, -0.2) is 4.79 Å². The van der Waals surface area contributed by atoms with Gasteiger partial charge < -0.3 is 15.3 Å². The second kappa shape index (κ2) is 8.80. The summed E-state index contributed by atoms with van der Waals surface area (Å²) in [4.78, 5) is 17.7. The zero-order valence-electron chi connectivity index (χ0n) is 18.3. The van der Waals surface area contributed by atoms with Gasteiger partial charge in [0.15, 0.2) is 0 Å². The topological polar surface area (TPSA) is 65.5 Å². The Morgan fingerprint density at radius 2 is 1.90 bits per heavy atom. The van der Waals surface area contributed by atoms with Crippen molar-refractivity contribution in [1.82, 2.24) is 4.98 Å². The number of aromatic carboxylic acids is 1. The van der Waals surface area contributed by atoms with E-state index in [-0.39, 0.29) is 5.56 Å². The molecule has 1 aliphatic carbocycles. The molecule has 0 saturated carbocycles. The molecule has 0 amide bonds. The summed E-state index contributed by atoms with van der Waals surface area (Å²) in [6, 6.07) is 17.0. The van der Waals surface area contributed by atoms with Crippen LogP contribution < -0.4 is 10.2 Å². The molecule has 31 heavy (non-hydrogen) atoms. The van der Waals surface area contributed by atoms with Crippen LogP contribution in [0.5, 0.6) is 0 Å². The highest BCUT2D eigenvalue weighted by molar-refractivity contribution is 5.93. The first-order chi connectivity index (χ1) is 14.9. The Balaban J connectivity index is 1.47. The quantitative estimate of drug-likeness (QED) is 0.509. The molecule has 0 fully saturated rings. The van der Waals surface area contributed by atoms with Crippen LogP contribution in [0.1, 0.15) is 59.2 Å². The predicted molar refractivity (Wildman–Crippen MR) is 126 cm³/mol. The van der Waals surface area contributed by atoms with Crippen molar-refractivity contribution in [3.8, 4) is 0 Å². The minimum Gasteiger partial charge on any atom is -0.478 e. The Morgan fingerprint density at radius 1 is 1.16 bits per heavy atom. The Labute approximate surface area is 183 Å². The standard InChI is InChI=1S/C26H29N3O2/c1-17(2)18-6-8-21(9-7-18)29(3)22-10-11-23-19(14-22)4-5-20(23)15-28-25-16-27-13-12-24(25)26(30)31/h6-14,16-17,20,28H,4-5,15H2,1-3H3,(H,30,31)/t20-/m0/s1. The lowest BCUT2D eigenvalue weighted by atomic mass is 10.00. The first-order valence-electron chi connectivity index (χ1n) is 10.8. The fraction of sp³-hybridized carbons (Fsp3) is 0.308. The number of hydrogen-bond acceptors (Lipinski definition) is 4. The number of carboxylic acids is 1. The van der Waals surface area contributed by atoms with E-state index < -0.39 is 5.97 Å². The highest BCUT2D eigenvalue weighted by Crippen LogP contribution is 2.37. The molecular formula is C26H29N3O2. The molecule has 160 valence electrons. The van der Waals surface area contributed by atoms with Gasteiger partial charge in [0.1, 0.15) is 0 Å². The van der Waals surface area contributed by atoms with Gasteiger partial charge in [-0.15, -0.1) is 0 Å². The van der Waals surface area contributed by atoms with Crippen LogP contribution in [0.3, 0.4) is 0 Å². The first kappa shape index (κ1) is 20.9. The summed E-state index contributed by atoms with van der Waals surface area (Å²) in [5.41, 5.74) is 7.27. The maximum atomic E-state index is 11.4. The molecule has 4 rings (SSSR count). The van der Waals surface area contributed by atoms with Crippen LogP contribution in [0, 0.1) is 0 Å². The minimum atomic E-state index is -0.939. The Kier molecular flexibility index (Phi) is 5.94.